The van der Waals surface area contributed by atoms with Crippen LogP contribution in [0.3, 0.4) is 0 Å². The third-order valence-corrected chi connectivity index (χ3v) is 3.62. The molecule has 0 N–H and O–H groups in total. The molecule has 0 amide bonds. The zero-order chi connectivity index (χ0) is 14.5. The van der Waals surface area contributed by atoms with Gasteiger partial charge in [-0.05, 0) is 24.0 Å². The minimum absolute atomic E-state index is 0.340. The second-order valence-electron chi connectivity index (χ2n) is 5.17. The lowest BCUT2D eigenvalue weighted by atomic mass is 10.1. The van der Waals surface area contributed by atoms with Crippen LogP contribution in [0.2, 0.25) is 0 Å². The summed E-state index contributed by atoms with van der Waals surface area (Å²) in [6.07, 6.45) is 3.09. The van der Waals surface area contributed by atoms with E-state index >= 15 is 0 Å². The minimum Gasteiger partial charge on any atom is -0.364 e. The van der Waals surface area contributed by atoms with Gasteiger partial charge in [0.15, 0.2) is 0 Å². The maximum absolute atomic E-state index is 11.6. The Morgan fingerprint density at radius 3 is 2.40 bits per heavy atom. The molecule has 2 rings (SSSR count). The van der Waals surface area contributed by atoms with Crippen molar-refractivity contribution in [2.45, 2.75) is 39.7 Å². The quantitative estimate of drug-likeness (QED) is 0.727. The first-order valence-corrected chi connectivity index (χ1v) is 7.28. The monoisotopic (exact) mass is 271 g/mol. The standard InChI is InChI=1S/C17H21NO2/c1-3-5-9-18(15-11-16(19)17(15)20)12-14-8-6-7-13(4-2)10-14/h6-8,10-11H,3-5,9,12H2,1-2H3. The number of benzene rings is 1. The predicted octanol–water partition coefficient (Wildman–Crippen LogP) is 2.65. The van der Waals surface area contributed by atoms with Gasteiger partial charge in [-0.25, -0.2) is 0 Å². The number of unbranched alkanes of at least 4 members (excludes halogenated alkanes) is 1. The molecule has 0 atom stereocenters. The third kappa shape index (κ3) is 3.16. The van der Waals surface area contributed by atoms with Crippen LogP contribution >= 0.6 is 0 Å². The van der Waals surface area contributed by atoms with Gasteiger partial charge < -0.3 is 4.90 Å². The zero-order valence-corrected chi connectivity index (χ0v) is 12.2. The van der Waals surface area contributed by atoms with E-state index in [-0.39, 0.29) is 10.9 Å². The Hall–Kier alpha value is -1.90. The van der Waals surface area contributed by atoms with Gasteiger partial charge in [-0.3, -0.25) is 9.59 Å². The Labute approximate surface area is 119 Å². The smallest absolute Gasteiger partial charge is 0.249 e. The predicted molar refractivity (Wildman–Crippen MR) is 83.1 cm³/mol. The molecule has 0 aliphatic carbocycles. The van der Waals surface area contributed by atoms with Gasteiger partial charge in [0.2, 0.25) is 10.9 Å². The number of hydrogen-bond donors (Lipinski definition) is 0. The Morgan fingerprint density at radius 2 is 1.80 bits per heavy atom. The SMILES string of the molecule is CCCCN(Cc1cccc(CC)c1)c1cc(=O)c1=O. The Balaban J connectivity index is 2.17. The first-order chi connectivity index (χ1) is 9.65. The summed E-state index contributed by atoms with van der Waals surface area (Å²) in [5.41, 5.74) is 2.35. The highest BCUT2D eigenvalue weighted by Gasteiger charge is 2.17. The van der Waals surface area contributed by atoms with Crippen LogP contribution in [0.25, 0.3) is 0 Å². The summed E-state index contributed by atoms with van der Waals surface area (Å²) in [5, 5.41) is 0. The normalized spacial score (nSPS) is 10.9. The molecular formula is C17H21NO2. The van der Waals surface area contributed by atoms with Gasteiger partial charge in [-0.15, -0.1) is 0 Å². The summed E-state index contributed by atoms with van der Waals surface area (Å²) in [6.45, 7) is 5.76. The van der Waals surface area contributed by atoms with Crippen molar-refractivity contribution >= 4 is 5.69 Å². The highest BCUT2D eigenvalue weighted by Crippen LogP contribution is 2.15. The van der Waals surface area contributed by atoms with Crippen LogP contribution in [0.1, 0.15) is 37.8 Å². The van der Waals surface area contributed by atoms with Crippen molar-refractivity contribution in [1.29, 1.82) is 0 Å². The number of hydrogen-bond acceptors (Lipinski definition) is 3. The summed E-state index contributed by atoms with van der Waals surface area (Å²) in [6, 6.07) is 9.86. The molecule has 0 fully saturated rings. The van der Waals surface area contributed by atoms with E-state index in [9.17, 15) is 9.59 Å². The highest BCUT2D eigenvalue weighted by atomic mass is 16.2. The van der Waals surface area contributed by atoms with Crippen molar-refractivity contribution in [1.82, 2.24) is 0 Å². The largest absolute Gasteiger partial charge is 0.364 e. The third-order valence-electron chi connectivity index (χ3n) is 3.62. The summed E-state index contributed by atoms with van der Waals surface area (Å²) in [4.78, 5) is 24.8. The van der Waals surface area contributed by atoms with Gasteiger partial charge in [-0.1, -0.05) is 44.5 Å². The van der Waals surface area contributed by atoms with Gasteiger partial charge >= 0.3 is 0 Å². The highest BCUT2D eigenvalue weighted by molar-refractivity contribution is 5.50. The van der Waals surface area contributed by atoms with Crippen LogP contribution in [0, 0.1) is 0 Å². The van der Waals surface area contributed by atoms with E-state index in [1.807, 2.05) is 11.0 Å². The van der Waals surface area contributed by atoms with Crippen molar-refractivity contribution < 1.29 is 0 Å². The van der Waals surface area contributed by atoms with Crippen LogP contribution in [-0.2, 0) is 13.0 Å². The molecule has 106 valence electrons. The van der Waals surface area contributed by atoms with Crippen LogP contribution in [-0.4, -0.2) is 6.54 Å². The number of aryl methyl sites for hydroxylation is 1. The molecule has 0 saturated carbocycles. The average molecular weight is 271 g/mol. The lowest BCUT2D eigenvalue weighted by molar-refractivity contribution is 0.711. The van der Waals surface area contributed by atoms with Crippen LogP contribution in [0.15, 0.2) is 39.9 Å². The van der Waals surface area contributed by atoms with E-state index in [0.717, 1.165) is 25.8 Å². The molecule has 0 heterocycles. The fourth-order valence-electron chi connectivity index (χ4n) is 2.34. The van der Waals surface area contributed by atoms with Crippen molar-refractivity contribution in [2.24, 2.45) is 0 Å². The first-order valence-electron chi connectivity index (χ1n) is 7.28. The molecule has 0 aliphatic heterocycles. The average Bonchev–Trinajstić information content (AvgIpc) is 2.49. The van der Waals surface area contributed by atoms with Crippen molar-refractivity contribution in [3.63, 3.8) is 0 Å². The summed E-state index contributed by atoms with van der Waals surface area (Å²) in [5.74, 6) is 0. The summed E-state index contributed by atoms with van der Waals surface area (Å²) >= 11 is 0. The Kier molecular flexibility index (Phi) is 4.72. The molecule has 0 aliphatic rings. The summed E-state index contributed by atoms with van der Waals surface area (Å²) in [7, 11) is 0. The topological polar surface area (TPSA) is 37.4 Å². The molecule has 0 spiro atoms. The second kappa shape index (κ2) is 6.51. The van der Waals surface area contributed by atoms with Gasteiger partial charge in [0.05, 0.1) is 5.69 Å². The second-order valence-corrected chi connectivity index (χ2v) is 5.17. The minimum atomic E-state index is -0.371. The molecule has 0 unspecified atom stereocenters. The van der Waals surface area contributed by atoms with Crippen molar-refractivity contribution in [3.05, 3.63) is 61.9 Å². The first kappa shape index (κ1) is 14.5. The molecule has 3 heteroatoms. The van der Waals surface area contributed by atoms with Crippen LogP contribution in [0.4, 0.5) is 5.69 Å². The van der Waals surface area contributed by atoms with E-state index in [1.54, 1.807) is 0 Å². The molecule has 0 bridgehead atoms. The number of anilines is 1. The molecule has 0 aromatic heterocycles. The lowest BCUT2D eigenvalue weighted by Gasteiger charge is -2.25. The molecule has 0 radical (unpaired) electrons. The molecular weight excluding hydrogens is 250 g/mol. The van der Waals surface area contributed by atoms with Gasteiger partial charge in [0.1, 0.15) is 0 Å². The Morgan fingerprint density at radius 1 is 1.05 bits per heavy atom. The molecule has 3 nitrogen and oxygen atoms in total. The van der Waals surface area contributed by atoms with E-state index in [2.05, 4.69) is 32.0 Å². The Bertz CT molecular complexity index is 638. The van der Waals surface area contributed by atoms with Gasteiger partial charge in [-0.2, -0.15) is 0 Å². The maximum atomic E-state index is 11.6. The van der Waals surface area contributed by atoms with Gasteiger partial charge in [0.25, 0.3) is 0 Å². The fraction of sp³-hybridized carbons (Fsp3) is 0.412. The molecule has 2 aromatic rings. The zero-order valence-electron chi connectivity index (χ0n) is 12.2. The van der Waals surface area contributed by atoms with Crippen LogP contribution in [0.5, 0.6) is 0 Å². The van der Waals surface area contributed by atoms with E-state index in [1.165, 1.54) is 17.2 Å². The number of rotatable bonds is 7. The molecule has 20 heavy (non-hydrogen) atoms. The fourth-order valence-corrected chi connectivity index (χ4v) is 2.34. The van der Waals surface area contributed by atoms with E-state index in [0.29, 0.717) is 12.2 Å². The lowest BCUT2D eigenvalue weighted by Crippen LogP contribution is -2.39. The number of nitrogens with zero attached hydrogens (tertiary/aromatic N) is 1. The van der Waals surface area contributed by atoms with Gasteiger partial charge in [0, 0.05) is 19.2 Å². The van der Waals surface area contributed by atoms with Crippen molar-refractivity contribution in [2.75, 3.05) is 11.4 Å². The summed E-state index contributed by atoms with van der Waals surface area (Å²) < 4.78 is 0. The van der Waals surface area contributed by atoms with E-state index in [4.69, 9.17) is 0 Å². The molecule has 2 aromatic carbocycles. The van der Waals surface area contributed by atoms with Crippen LogP contribution < -0.4 is 15.8 Å². The molecule has 0 saturated heterocycles. The van der Waals surface area contributed by atoms with Crippen molar-refractivity contribution in [3.8, 4) is 0 Å². The maximum Gasteiger partial charge on any atom is 0.249 e. The van der Waals surface area contributed by atoms with E-state index < -0.39 is 0 Å².